The average molecular weight is 381 g/mol. The lowest BCUT2D eigenvalue weighted by Crippen LogP contribution is -2.12. The van der Waals surface area contributed by atoms with Crippen LogP contribution < -0.4 is 19.5 Å². The fourth-order valence-electron chi connectivity index (χ4n) is 2.79. The SMILES string of the molecule is O=C(CCc1ccsc1)Nc1cccc(COc2ccc3c(c2)OCO3)c1. The van der Waals surface area contributed by atoms with Crippen LogP contribution in [0.15, 0.2) is 59.3 Å². The van der Waals surface area contributed by atoms with E-state index in [4.69, 9.17) is 14.2 Å². The molecule has 0 spiro atoms. The molecule has 0 radical (unpaired) electrons. The lowest BCUT2D eigenvalue weighted by Gasteiger charge is -2.09. The van der Waals surface area contributed by atoms with Gasteiger partial charge >= 0.3 is 0 Å². The average Bonchev–Trinajstić information content (AvgIpc) is 3.36. The van der Waals surface area contributed by atoms with Crippen molar-refractivity contribution in [2.24, 2.45) is 0 Å². The number of aryl methyl sites for hydroxylation is 1. The van der Waals surface area contributed by atoms with Crippen molar-refractivity contribution < 1.29 is 19.0 Å². The molecule has 0 aliphatic carbocycles. The first kappa shape index (κ1) is 17.4. The van der Waals surface area contributed by atoms with Gasteiger partial charge in [0.05, 0.1) is 0 Å². The predicted octanol–water partition coefficient (Wildman–Crippen LogP) is 4.63. The summed E-state index contributed by atoms with van der Waals surface area (Å²) in [5, 5.41) is 7.04. The molecule has 2 heterocycles. The van der Waals surface area contributed by atoms with Crippen LogP contribution in [-0.2, 0) is 17.8 Å². The van der Waals surface area contributed by atoms with Gasteiger partial charge in [0, 0.05) is 18.2 Å². The molecule has 0 unspecified atom stereocenters. The van der Waals surface area contributed by atoms with Crippen molar-refractivity contribution >= 4 is 22.9 Å². The summed E-state index contributed by atoms with van der Waals surface area (Å²) in [7, 11) is 0. The topological polar surface area (TPSA) is 56.8 Å². The van der Waals surface area contributed by atoms with Gasteiger partial charge < -0.3 is 19.5 Å². The second kappa shape index (κ2) is 8.14. The number of ether oxygens (including phenoxy) is 3. The van der Waals surface area contributed by atoms with Crippen molar-refractivity contribution in [3.63, 3.8) is 0 Å². The van der Waals surface area contributed by atoms with E-state index in [-0.39, 0.29) is 12.7 Å². The highest BCUT2D eigenvalue weighted by atomic mass is 32.1. The van der Waals surface area contributed by atoms with Crippen LogP contribution in [0.3, 0.4) is 0 Å². The van der Waals surface area contributed by atoms with Gasteiger partial charge in [-0.05, 0) is 58.6 Å². The number of carbonyl (C=O) groups is 1. The van der Waals surface area contributed by atoms with Gasteiger partial charge in [0.25, 0.3) is 0 Å². The maximum atomic E-state index is 12.1. The Labute approximate surface area is 161 Å². The number of carbonyl (C=O) groups excluding carboxylic acids is 1. The number of hydrogen-bond donors (Lipinski definition) is 1. The monoisotopic (exact) mass is 381 g/mol. The van der Waals surface area contributed by atoms with Gasteiger partial charge in [-0.2, -0.15) is 11.3 Å². The molecule has 5 nitrogen and oxygen atoms in total. The van der Waals surface area contributed by atoms with Crippen molar-refractivity contribution in [3.05, 3.63) is 70.4 Å². The second-order valence-corrected chi connectivity index (χ2v) is 6.96. The molecule has 27 heavy (non-hydrogen) atoms. The Morgan fingerprint density at radius 3 is 2.89 bits per heavy atom. The predicted molar refractivity (Wildman–Crippen MR) is 105 cm³/mol. The highest BCUT2D eigenvalue weighted by molar-refractivity contribution is 7.07. The molecule has 0 atom stereocenters. The molecule has 1 N–H and O–H groups in total. The minimum atomic E-state index is 0.00930. The molecule has 1 aliphatic heterocycles. The van der Waals surface area contributed by atoms with E-state index in [9.17, 15) is 4.79 Å². The zero-order chi connectivity index (χ0) is 18.5. The number of amides is 1. The van der Waals surface area contributed by atoms with E-state index < -0.39 is 0 Å². The molecule has 1 aliphatic rings. The summed E-state index contributed by atoms with van der Waals surface area (Å²) in [5.41, 5.74) is 2.95. The van der Waals surface area contributed by atoms with Crippen LogP contribution in [0, 0.1) is 0 Å². The number of hydrogen-bond acceptors (Lipinski definition) is 5. The second-order valence-electron chi connectivity index (χ2n) is 6.18. The van der Waals surface area contributed by atoms with Crippen molar-refractivity contribution in [1.82, 2.24) is 0 Å². The number of nitrogens with one attached hydrogen (secondary N) is 1. The Morgan fingerprint density at radius 1 is 1.07 bits per heavy atom. The maximum absolute atomic E-state index is 12.1. The zero-order valence-electron chi connectivity index (χ0n) is 14.6. The largest absolute Gasteiger partial charge is 0.489 e. The molecule has 3 aromatic rings. The molecule has 1 amide bonds. The lowest BCUT2D eigenvalue weighted by molar-refractivity contribution is -0.116. The van der Waals surface area contributed by atoms with E-state index >= 15 is 0 Å². The van der Waals surface area contributed by atoms with E-state index in [1.165, 1.54) is 5.56 Å². The van der Waals surface area contributed by atoms with E-state index in [0.717, 1.165) is 23.4 Å². The first-order valence-electron chi connectivity index (χ1n) is 8.68. The smallest absolute Gasteiger partial charge is 0.231 e. The number of benzene rings is 2. The van der Waals surface area contributed by atoms with E-state index in [1.807, 2.05) is 53.9 Å². The third-order valence-electron chi connectivity index (χ3n) is 4.18. The molecule has 0 fully saturated rings. The third-order valence-corrected chi connectivity index (χ3v) is 4.91. The number of fused-ring (bicyclic) bond motifs is 1. The maximum Gasteiger partial charge on any atom is 0.231 e. The molecule has 138 valence electrons. The first-order valence-corrected chi connectivity index (χ1v) is 9.63. The van der Waals surface area contributed by atoms with Gasteiger partial charge in [0.1, 0.15) is 12.4 Å². The van der Waals surface area contributed by atoms with Crippen LogP contribution in [0.25, 0.3) is 0 Å². The zero-order valence-corrected chi connectivity index (χ0v) is 15.5. The quantitative estimate of drug-likeness (QED) is 0.648. The molecule has 0 saturated heterocycles. The van der Waals surface area contributed by atoms with Crippen LogP contribution >= 0.6 is 11.3 Å². The number of anilines is 1. The van der Waals surface area contributed by atoms with Crippen molar-refractivity contribution in [3.8, 4) is 17.2 Å². The summed E-state index contributed by atoms with van der Waals surface area (Å²) in [4.78, 5) is 12.1. The van der Waals surface area contributed by atoms with Crippen LogP contribution in [-0.4, -0.2) is 12.7 Å². The Kier molecular flexibility index (Phi) is 5.25. The molecular formula is C21H19NO4S. The van der Waals surface area contributed by atoms with Crippen molar-refractivity contribution in [1.29, 1.82) is 0 Å². The highest BCUT2D eigenvalue weighted by Crippen LogP contribution is 2.35. The summed E-state index contributed by atoms with van der Waals surface area (Å²) in [6.07, 6.45) is 1.22. The van der Waals surface area contributed by atoms with Gasteiger partial charge in [-0.1, -0.05) is 12.1 Å². The number of thiophene rings is 1. The van der Waals surface area contributed by atoms with Gasteiger partial charge in [-0.15, -0.1) is 0 Å². The molecule has 6 heteroatoms. The molecule has 2 aromatic carbocycles. The van der Waals surface area contributed by atoms with Crippen molar-refractivity contribution in [2.75, 3.05) is 12.1 Å². The minimum Gasteiger partial charge on any atom is -0.489 e. The molecule has 1 aromatic heterocycles. The standard InChI is InChI=1S/C21H19NO4S/c23-21(7-4-15-8-9-27-13-15)22-17-3-1-2-16(10-17)12-24-18-5-6-19-20(11-18)26-14-25-19/h1-3,5-6,8-11,13H,4,7,12,14H2,(H,22,23). The Hall–Kier alpha value is -2.99. The first-order chi connectivity index (χ1) is 13.3. The third kappa shape index (κ3) is 4.60. The van der Waals surface area contributed by atoms with E-state index in [0.29, 0.717) is 24.5 Å². The summed E-state index contributed by atoms with van der Waals surface area (Å²) in [5.74, 6) is 2.15. The summed E-state index contributed by atoms with van der Waals surface area (Å²) in [6, 6.07) is 15.2. The van der Waals surface area contributed by atoms with Crippen molar-refractivity contribution in [2.45, 2.75) is 19.4 Å². The summed E-state index contributed by atoms with van der Waals surface area (Å²) in [6.45, 7) is 0.644. The minimum absolute atomic E-state index is 0.00930. The van der Waals surface area contributed by atoms with Gasteiger partial charge in [-0.3, -0.25) is 4.79 Å². The van der Waals surface area contributed by atoms with E-state index in [1.54, 1.807) is 11.3 Å². The molecule has 0 bridgehead atoms. The van der Waals surface area contributed by atoms with Gasteiger partial charge in [0.15, 0.2) is 11.5 Å². The molecule has 4 rings (SSSR count). The number of rotatable bonds is 7. The fraction of sp³-hybridized carbons (Fsp3) is 0.190. The highest BCUT2D eigenvalue weighted by Gasteiger charge is 2.13. The molecule has 0 saturated carbocycles. The molecular weight excluding hydrogens is 362 g/mol. The van der Waals surface area contributed by atoms with Crippen LogP contribution in [0.5, 0.6) is 17.2 Å². The van der Waals surface area contributed by atoms with Crippen LogP contribution in [0.1, 0.15) is 17.5 Å². The summed E-state index contributed by atoms with van der Waals surface area (Å²) < 4.78 is 16.5. The van der Waals surface area contributed by atoms with Gasteiger partial charge in [0.2, 0.25) is 12.7 Å². The normalized spacial score (nSPS) is 12.0. The van der Waals surface area contributed by atoms with Gasteiger partial charge in [-0.25, -0.2) is 0 Å². The van der Waals surface area contributed by atoms with Crippen LogP contribution in [0.4, 0.5) is 5.69 Å². The summed E-state index contributed by atoms with van der Waals surface area (Å²) >= 11 is 1.65. The Balaban J connectivity index is 1.31. The fourth-order valence-corrected chi connectivity index (χ4v) is 3.49. The van der Waals surface area contributed by atoms with Crippen LogP contribution in [0.2, 0.25) is 0 Å². The Morgan fingerprint density at radius 2 is 2.00 bits per heavy atom. The Bertz CT molecular complexity index is 924. The van der Waals surface area contributed by atoms with E-state index in [2.05, 4.69) is 10.7 Å². The lowest BCUT2D eigenvalue weighted by atomic mass is 10.1.